The molecule has 25 heavy (non-hydrogen) atoms. The van der Waals surface area contributed by atoms with Gasteiger partial charge in [0.1, 0.15) is 5.58 Å². The van der Waals surface area contributed by atoms with E-state index in [0.29, 0.717) is 18.9 Å². The van der Waals surface area contributed by atoms with Crippen LogP contribution >= 0.6 is 0 Å². The van der Waals surface area contributed by atoms with Crippen molar-refractivity contribution in [2.45, 2.75) is 32.0 Å². The van der Waals surface area contributed by atoms with Gasteiger partial charge in [-0.3, -0.25) is 9.48 Å². The number of nitrogens with zero attached hydrogens (tertiary/aromatic N) is 3. The van der Waals surface area contributed by atoms with Crippen LogP contribution in [0.1, 0.15) is 29.0 Å². The van der Waals surface area contributed by atoms with E-state index in [1.54, 1.807) is 13.3 Å². The topological polar surface area (TPSA) is 60.5 Å². The van der Waals surface area contributed by atoms with Crippen molar-refractivity contribution in [3.63, 3.8) is 0 Å². The Morgan fingerprint density at radius 2 is 2.24 bits per heavy atom. The molecule has 0 aliphatic carbocycles. The molecule has 3 heterocycles. The zero-order chi connectivity index (χ0) is 17.2. The van der Waals surface area contributed by atoms with Gasteiger partial charge in [0.25, 0.3) is 5.91 Å². The Morgan fingerprint density at radius 3 is 3.04 bits per heavy atom. The monoisotopic (exact) mass is 339 g/mol. The molecule has 1 aliphatic heterocycles. The van der Waals surface area contributed by atoms with Crippen molar-refractivity contribution in [2.75, 3.05) is 13.7 Å². The second-order valence-electron chi connectivity index (χ2n) is 6.36. The van der Waals surface area contributed by atoms with E-state index in [1.165, 1.54) is 0 Å². The van der Waals surface area contributed by atoms with E-state index in [1.807, 2.05) is 46.1 Å². The van der Waals surface area contributed by atoms with Gasteiger partial charge in [0.2, 0.25) is 0 Å². The van der Waals surface area contributed by atoms with Gasteiger partial charge in [-0.1, -0.05) is 18.2 Å². The fourth-order valence-corrected chi connectivity index (χ4v) is 3.61. The number of hydrogen-bond donors (Lipinski definition) is 0. The van der Waals surface area contributed by atoms with E-state index in [2.05, 4.69) is 5.10 Å². The van der Waals surface area contributed by atoms with Crippen molar-refractivity contribution in [3.8, 4) is 0 Å². The third kappa shape index (κ3) is 2.93. The summed E-state index contributed by atoms with van der Waals surface area (Å²) in [5.74, 6) is 0.341. The highest BCUT2D eigenvalue weighted by molar-refractivity contribution is 5.99. The summed E-state index contributed by atoms with van der Waals surface area (Å²) < 4.78 is 13.1. The summed E-state index contributed by atoms with van der Waals surface area (Å²) >= 11 is 0. The highest BCUT2D eigenvalue weighted by Gasteiger charge is 2.33. The molecule has 1 saturated heterocycles. The van der Waals surface area contributed by atoms with Gasteiger partial charge in [-0.25, -0.2) is 0 Å². The highest BCUT2D eigenvalue weighted by Crippen LogP contribution is 2.30. The van der Waals surface area contributed by atoms with Crippen LogP contribution in [0.15, 0.2) is 47.1 Å². The summed E-state index contributed by atoms with van der Waals surface area (Å²) in [5, 5.41) is 5.20. The van der Waals surface area contributed by atoms with E-state index < -0.39 is 0 Å². The van der Waals surface area contributed by atoms with E-state index in [9.17, 15) is 4.79 Å². The summed E-state index contributed by atoms with van der Waals surface area (Å²) in [7, 11) is 1.63. The molecular weight excluding hydrogens is 318 g/mol. The zero-order valence-electron chi connectivity index (χ0n) is 14.2. The van der Waals surface area contributed by atoms with Crippen LogP contribution in [0, 0.1) is 0 Å². The molecule has 1 unspecified atom stereocenters. The number of methoxy groups -OCH3 is 1. The van der Waals surface area contributed by atoms with E-state index in [4.69, 9.17) is 9.15 Å². The second-order valence-corrected chi connectivity index (χ2v) is 6.36. The SMILES string of the molecule is COCc1c(C(=O)N2CCCC2Cn2cccn2)oc2ccccc12. The maximum Gasteiger partial charge on any atom is 0.290 e. The highest BCUT2D eigenvalue weighted by atomic mass is 16.5. The third-order valence-electron chi connectivity index (χ3n) is 4.78. The second kappa shape index (κ2) is 6.72. The number of benzene rings is 1. The molecule has 1 fully saturated rings. The van der Waals surface area contributed by atoms with Gasteiger partial charge in [0.15, 0.2) is 5.76 Å². The van der Waals surface area contributed by atoms with Crippen LogP contribution in [-0.4, -0.2) is 40.3 Å². The molecule has 0 saturated carbocycles. The molecular formula is C19H21N3O3. The average Bonchev–Trinajstić information content (AvgIpc) is 3.36. The van der Waals surface area contributed by atoms with Gasteiger partial charge in [0.05, 0.1) is 19.2 Å². The summed E-state index contributed by atoms with van der Waals surface area (Å²) in [6.07, 6.45) is 5.67. The molecule has 1 aromatic carbocycles. The summed E-state index contributed by atoms with van der Waals surface area (Å²) in [6, 6.07) is 9.74. The standard InChI is InChI=1S/C19H21N3O3/c1-24-13-16-15-7-2-3-8-17(15)25-18(16)19(23)22-11-4-6-14(22)12-21-10-5-9-20-21/h2-3,5,7-10,14H,4,6,11-13H2,1H3. The Bertz CT molecular complexity index is 869. The Hall–Kier alpha value is -2.60. The lowest BCUT2D eigenvalue weighted by Gasteiger charge is -2.24. The minimum atomic E-state index is -0.0575. The van der Waals surface area contributed by atoms with Gasteiger partial charge in [0, 0.05) is 37.0 Å². The molecule has 3 aromatic rings. The first-order valence-corrected chi connectivity index (χ1v) is 8.55. The summed E-state index contributed by atoms with van der Waals surface area (Å²) in [5.41, 5.74) is 1.55. The Morgan fingerprint density at radius 1 is 1.36 bits per heavy atom. The molecule has 0 spiro atoms. The molecule has 2 aromatic heterocycles. The molecule has 130 valence electrons. The van der Waals surface area contributed by atoms with Crippen LogP contribution in [0.4, 0.5) is 0 Å². The number of hydrogen-bond acceptors (Lipinski definition) is 4. The van der Waals surface area contributed by atoms with Gasteiger partial charge in [-0.05, 0) is 25.0 Å². The molecule has 1 atom stereocenters. The molecule has 4 rings (SSSR count). The number of carbonyl (C=O) groups is 1. The zero-order valence-corrected chi connectivity index (χ0v) is 14.2. The van der Waals surface area contributed by atoms with E-state index in [0.717, 1.165) is 35.9 Å². The number of ether oxygens (including phenoxy) is 1. The van der Waals surface area contributed by atoms with Crippen LogP contribution in [0.5, 0.6) is 0 Å². The van der Waals surface area contributed by atoms with E-state index >= 15 is 0 Å². The van der Waals surface area contributed by atoms with Crippen molar-refractivity contribution in [1.82, 2.24) is 14.7 Å². The fourth-order valence-electron chi connectivity index (χ4n) is 3.61. The quantitative estimate of drug-likeness (QED) is 0.717. The number of likely N-dealkylation sites (tertiary alicyclic amines) is 1. The fraction of sp³-hybridized carbons (Fsp3) is 0.368. The molecule has 0 N–H and O–H groups in total. The summed E-state index contributed by atoms with van der Waals surface area (Å²) in [6.45, 7) is 1.81. The number of rotatable bonds is 5. The number of furan rings is 1. The minimum absolute atomic E-state index is 0.0575. The first-order chi connectivity index (χ1) is 12.3. The smallest absolute Gasteiger partial charge is 0.290 e. The molecule has 6 nitrogen and oxygen atoms in total. The predicted octanol–water partition coefficient (Wildman–Crippen LogP) is 3.08. The van der Waals surface area contributed by atoms with Crippen LogP contribution < -0.4 is 0 Å². The van der Waals surface area contributed by atoms with Gasteiger partial charge < -0.3 is 14.1 Å². The van der Waals surface area contributed by atoms with Crippen molar-refractivity contribution < 1.29 is 13.9 Å². The van der Waals surface area contributed by atoms with Crippen molar-refractivity contribution in [2.24, 2.45) is 0 Å². The van der Waals surface area contributed by atoms with Gasteiger partial charge in [-0.2, -0.15) is 5.10 Å². The van der Waals surface area contributed by atoms with Crippen LogP contribution in [-0.2, 0) is 17.9 Å². The largest absolute Gasteiger partial charge is 0.451 e. The minimum Gasteiger partial charge on any atom is -0.451 e. The maximum atomic E-state index is 13.2. The maximum absolute atomic E-state index is 13.2. The average molecular weight is 339 g/mol. The first kappa shape index (κ1) is 15.9. The summed E-state index contributed by atoms with van der Waals surface area (Å²) in [4.78, 5) is 15.1. The first-order valence-electron chi connectivity index (χ1n) is 8.55. The lowest BCUT2D eigenvalue weighted by Crippen LogP contribution is -2.38. The number of aromatic nitrogens is 2. The Labute approximate surface area is 146 Å². The van der Waals surface area contributed by atoms with Crippen molar-refractivity contribution in [3.05, 3.63) is 54.0 Å². The van der Waals surface area contributed by atoms with E-state index in [-0.39, 0.29) is 11.9 Å². The van der Waals surface area contributed by atoms with Crippen LogP contribution in [0.2, 0.25) is 0 Å². The third-order valence-corrected chi connectivity index (χ3v) is 4.78. The van der Waals surface area contributed by atoms with Crippen LogP contribution in [0.25, 0.3) is 11.0 Å². The lowest BCUT2D eigenvalue weighted by atomic mass is 10.1. The van der Waals surface area contributed by atoms with Gasteiger partial charge >= 0.3 is 0 Å². The van der Waals surface area contributed by atoms with Crippen molar-refractivity contribution >= 4 is 16.9 Å². The van der Waals surface area contributed by atoms with Crippen molar-refractivity contribution in [1.29, 1.82) is 0 Å². The normalized spacial score (nSPS) is 17.5. The number of amides is 1. The molecule has 0 radical (unpaired) electrons. The number of fused-ring (bicyclic) bond motifs is 1. The van der Waals surface area contributed by atoms with Crippen LogP contribution in [0.3, 0.4) is 0 Å². The molecule has 1 amide bonds. The number of carbonyl (C=O) groups excluding carboxylic acids is 1. The molecule has 6 heteroatoms. The lowest BCUT2D eigenvalue weighted by molar-refractivity contribution is 0.0685. The molecule has 0 bridgehead atoms. The Balaban J connectivity index is 1.65. The Kier molecular flexibility index (Phi) is 4.28. The van der Waals surface area contributed by atoms with Gasteiger partial charge in [-0.15, -0.1) is 0 Å². The molecule has 1 aliphatic rings. The number of para-hydroxylation sites is 1. The predicted molar refractivity (Wildman–Crippen MR) is 93.2 cm³/mol.